The molecule has 0 aromatic heterocycles. The van der Waals surface area contributed by atoms with E-state index in [1.807, 2.05) is 30.3 Å². The van der Waals surface area contributed by atoms with E-state index in [0.717, 1.165) is 19.3 Å². The normalized spacial score (nSPS) is 16.3. The van der Waals surface area contributed by atoms with Gasteiger partial charge in [-0.25, -0.2) is 4.79 Å². The van der Waals surface area contributed by atoms with Crippen molar-refractivity contribution in [1.29, 1.82) is 0 Å². The number of hydrogen-bond donors (Lipinski definition) is 0. The maximum absolute atomic E-state index is 12.2. The van der Waals surface area contributed by atoms with E-state index in [2.05, 4.69) is 23.9 Å². The van der Waals surface area contributed by atoms with Gasteiger partial charge in [0, 0.05) is 6.04 Å². The molecule has 3 nitrogen and oxygen atoms in total. The van der Waals surface area contributed by atoms with Gasteiger partial charge < -0.3 is 4.74 Å². The first kappa shape index (κ1) is 16.3. The van der Waals surface area contributed by atoms with E-state index in [9.17, 15) is 4.79 Å². The van der Waals surface area contributed by atoms with Gasteiger partial charge in [0.05, 0.1) is 12.1 Å². The maximum Gasteiger partial charge on any atom is 0.343 e. The number of nitrogens with zero attached hydrogens (tertiary/aromatic N) is 1. The fourth-order valence-corrected chi connectivity index (χ4v) is 3.17. The van der Waals surface area contributed by atoms with Crippen LogP contribution >= 0.6 is 0 Å². The molecule has 1 atom stereocenters. The lowest BCUT2D eigenvalue weighted by Gasteiger charge is -2.31. The third-order valence-electron chi connectivity index (χ3n) is 4.56. The first-order valence-corrected chi connectivity index (χ1v) is 8.20. The molecule has 0 spiro atoms. The lowest BCUT2D eigenvalue weighted by Crippen LogP contribution is -2.36. The molecule has 1 unspecified atom stereocenters. The first-order chi connectivity index (χ1) is 11.7. The van der Waals surface area contributed by atoms with Gasteiger partial charge in [0.25, 0.3) is 0 Å². The smallest absolute Gasteiger partial charge is 0.343 e. The summed E-state index contributed by atoms with van der Waals surface area (Å²) in [6, 6.07) is 15.4. The number of aryl methyl sites for hydroxylation is 1. The zero-order chi connectivity index (χ0) is 16.9. The van der Waals surface area contributed by atoms with Crippen LogP contribution in [0.3, 0.4) is 0 Å². The third-order valence-corrected chi connectivity index (χ3v) is 4.56. The molecule has 0 heterocycles. The number of ether oxygens (including phenoxy) is 1. The monoisotopic (exact) mass is 319 g/mol. The van der Waals surface area contributed by atoms with Crippen LogP contribution < -0.4 is 4.74 Å². The number of terminal acetylenes is 1. The van der Waals surface area contributed by atoms with Crippen LogP contribution in [0, 0.1) is 12.3 Å². The average Bonchev–Trinajstić information content (AvgIpc) is 2.62. The van der Waals surface area contributed by atoms with Crippen LogP contribution in [0.2, 0.25) is 0 Å². The van der Waals surface area contributed by atoms with E-state index in [4.69, 9.17) is 11.2 Å². The van der Waals surface area contributed by atoms with Crippen molar-refractivity contribution in [3.8, 4) is 18.1 Å². The van der Waals surface area contributed by atoms with Crippen LogP contribution in [-0.2, 0) is 12.8 Å². The summed E-state index contributed by atoms with van der Waals surface area (Å²) in [6.07, 6.45) is 8.49. The van der Waals surface area contributed by atoms with Gasteiger partial charge in [-0.2, -0.15) is 0 Å². The van der Waals surface area contributed by atoms with Crippen molar-refractivity contribution in [2.24, 2.45) is 0 Å². The quantitative estimate of drug-likeness (QED) is 0.492. The highest BCUT2D eigenvalue weighted by Gasteiger charge is 2.22. The summed E-state index contributed by atoms with van der Waals surface area (Å²) in [5, 5.41) is 0. The molecule has 2 aromatic carbocycles. The van der Waals surface area contributed by atoms with Crippen molar-refractivity contribution in [3.63, 3.8) is 0 Å². The zero-order valence-corrected chi connectivity index (χ0v) is 13.9. The predicted octanol–water partition coefficient (Wildman–Crippen LogP) is 3.33. The molecule has 24 heavy (non-hydrogen) atoms. The van der Waals surface area contributed by atoms with Gasteiger partial charge >= 0.3 is 5.97 Å². The standard InChI is InChI=1S/C21H21NO2/c1-3-13-22(2)19-11-9-16-10-12-20(15-18(16)14-19)24-21(23)17-7-5-4-6-8-17/h1,4-8,10,12,15,19H,9,11,13-14H2,2H3. The molecule has 0 N–H and O–H groups in total. The Morgan fingerprint density at radius 3 is 2.79 bits per heavy atom. The number of carbonyl (C=O) groups is 1. The molecular formula is C21H21NO2. The Kier molecular flexibility index (Phi) is 4.98. The molecular weight excluding hydrogens is 298 g/mol. The number of rotatable bonds is 4. The highest BCUT2D eigenvalue weighted by Crippen LogP contribution is 2.28. The van der Waals surface area contributed by atoms with Crippen molar-refractivity contribution in [2.75, 3.05) is 13.6 Å². The predicted molar refractivity (Wildman–Crippen MR) is 95.1 cm³/mol. The van der Waals surface area contributed by atoms with Crippen LogP contribution in [0.1, 0.15) is 27.9 Å². The fourth-order valence-electron chi connectivity index (χ4n) is 3.17. The van der Waals surface area contributed by atoms with Gasteiger partial charge in [-0.3, -0.25) is 4.90 Å². The Morgan fingerprint density at radius 2 is 2.04 bits per heavy atom. The van der Waals surface area contributed by atoms with E-state index in [0.29, 0.717) is 23.9 Å². The summed E-state index contributed by atoms with van der Waals surface area (Å²) in [4.78, 5) is 14.4. The SMILES string of the molecule is C#CCN(C)C1CCc2ccc(OC(=O)c3ccccc3)cc2C1. The number of esters is 1. The minimum atomic E-state index is -0.327. The number of benzene rings is 2. The Hall–Kier alpha value is -2.57. The summed E-state index contributed by atoms with van der Waals surface area (Å²) >= 11 is 0. The molecule has 3 rings (SSSR count). The molecule has 0 aliphatic heterocycles. The molecule has 0 saturated carbocycles. The summed E-state index contributed by atoms with van der Waals surface area (Å²) in [5.74, 6) is 2.97. The molecule has 1 aliphatic carbocycles. The van der Waals surface area contributed by atoms with Gasteiger partial charge in [0.1, 0.15) is 5.75 Å². The van der Waals surface area contributed by atoms with Crippen LogP contribution in [0.5, 0.6) is 5.75 Å². The molecule has 2 aromatic rings. The molecule has 0 radical (unpaired) electrons. The number of likely N-dealkylation sites (N-methyl/N-ethyl adjacent to an activating group) is 1. The van der Waals surface area contributed by atoms with Crippen LogP contribution in [0.15, 0.2) is 48.5 Å². The summed E-state index contributed by atoms with van der Waals surface area (Å²) in [6.45, 7) is 0.655. The van der Waals surface area contributed by atoms with Gasteiger partial charge in [-0.05, 0) is 61.7 Å². The minimum absolute atomic E-state index is 0.327. The van der Waals surface area contributed by atoms with Gasteiger partial charge in [-0.1, -0.05) is 30.2 Å². The van der Waals surface area contributed by atoms with Gasteiger partial charge in [-0.15, -0.1) is 6.42 Å². The molecule has 0 saturated heterocycles. The van der Waals surface area contributed by atoms with Crippen LogP contribution in [-0.4, -0.2) is 30.5 Å². The molecule has 0 amide bonds. The van der Waals surface area contributed by atoms with Crippen LogP contribution in [0.25, 0.3) is 0 Å². The van der Waals surface area contributed by atoms with Crippen molar-refractivity contribution in [2.45, 2.75) is 25.3 Å². The molecule has 0 bridgehead atoms. The van der Waals surface area contributed by atoms with E-state index >= 15 is 0 Å². The Morgan fingerprint density at radius 1 is 1.25 bits per heavy atom. The van der Waals surface area contributed by atoms with Crippen molar-refractivity contribution < 1.29 is 9.53 Å². The van der Waals surface area contributed by atoms with Crippen molar-refractivity contribution in [3.05, 3.63) is 65.2 Å². The molecule has 122 valence electrons. The van der Waals surface area contributed by atoms with Crippen LogP contribution in [0.4, 0.5) is 0 Å². The lowest BCUT2D eigenvalue weighted by atomic mass is 9.87. The third kappa shape index (κ3) is 3.67. The summed E-state index contributed by atoms with van der Waals surface area (Å²) < 4.78 is 5.52. The maximum atomic E-state index is 12.2. The number of hydrogen-bond acceptors (Lipinski definition) is 3. The van der Waals surface area contributed by atoms with Gasteiger partial charge in [0.2, 0.25) is 0 Å². The lowest BCUT2D eigenvalue weighted by molar-refractivity contribution is 0.0734. The Labute approximate surface area is 143 Å². The van der Waals surface area contributed by atoms with Crippen molar-refractivity contribution in [1.82, 2.24) is 4.90 Å². The van der Waals surface area contributed by atoms with E-state index in [-0.39, 0.29) is 5.97 Å². The largest absolute Gasteiger partial charge is 0.423 e. The summed E-state index contributed by atoms with van der Waals surface area (Å²) in [5.41, 5.74) is 3.13. The minimum Gasteiger partial charge on any atom is -0.423 e. The second kappa shape index (κ2) is 7.33. The van der Waals surface area contributed by atoms with Crippen molar-refractivity contribution >= 4 is 5.97 Å². The molecule has 3 heteroatoms. The highest BCUT2D eigenvalue weighted by atomic mass is 16.5. The zero-order valence-electron chi connectivity index (χ0n) is 13.9. The molecule has 1 aliphatic rings. The average molecular weight is 319 g/mol. The number of fused-ring (bicyclic) bond motifs is 1. The summed E-state index contributed by atoms with van der Waals surface area (Å²) in [7, 11) is 2.06. The first-order valence-electron chi connectivity index (χ1n) is 8.20. The highest BCUT2D eigenvalue weighted by molar-refractivity contribution is 5.90. The fraction of sp³-hybridized carbons (Fsp3) is 0.286. The van der Waals surface area contributed by atoms with E-state index < -0.39 is 0 Å². The Balaban J connectivity index is 1.73. The van der Waals surface area contributed by atoms with Gasteiger partial charge in [0.15, 0.2) is 0 Å². The van der Waals surface area contributed by atoms with E-state index in [1.54, 1.807) is 12.1 Å². The number of carbonyl (C=O) groups excluding carboxylic acids is 1. The van der Waals surface area contributed by atoms with E-state index in [1.165, 1.54) is 11.1 Å². The second-order valence-corrected chi connectivity index (χ2v) is 6.20. The molecule has 0 fully saturated rings. The Bertz CT molecular complexity index is 761. The second-order valence-electron chi connectivity index (χ2n) is 6.20. The topological polar surface area (TPSA) is 29.5 Å².